The van der Waals surface area contributed by atoms with Crippen LogP contribution in [0.2, 0.25) is 5.02 Å². The fourth-order valence-electron chi connectivity index (χ4n) is 1.95. The molecular weight excluding hydrogens is 279 g/mol. The lowest BCUT2D eigenvalue weighted by molar-refractivity contribution is -0.145. The van der Waals surface area contributed by atoms with E-state index >= 15 is 0 Å². The molecule has 0 bridgehead atoms. The number of carbonyl (C=O) groups is 1. The lowest BCUT2D eigenvalue weighted by atomic mass is 10.1. The van der Waals surface area contributed by atoms with Crippen molar-refractivity contribution in [1.29, 1.82) is 0 Å². The van der Waals surface area contributed by atoms with Gasteiger partial charge in [0.15, 0.2) is 0 Å². The summed E-state index contributed by atoms with van der Waals surface area (Å²) in [5.41, 5.74) is 2.33. The first-order valence-corrected chi connectivity index (χ1v) is 5.83. The Morgan fingerprint density at radius 2 is 2.07 bits per heavy atom. The highest BCUT2D eigenvalue weighted by Crippen LogP contribution is 2.34. The Morgan fingerprint density at radius 1 is 1.47 bits per heavy atom. The lowest BCUT2D eigenvalue weighted by Gasteiger charge is -2.04. The van der Waals surface area contributed by atoms with Crippen LogP contribution in [0.15, 0.2) is 16.6 Å². The summed E-state index contributed by atoms with van der Waals surface area (Å²) in [6.07, 6.45) is 1.48. The maximum atomic E-state index is 11.4. The number of benzene rings is 1. The molecule has 80 valence electrons. The van der Waals surface area contributed by atoms with Gasteiger partial charge in [-0.3, -0.25) is 4.79 Å². The van der Waals surface area contributed by atoms with E-state index in [1.807, 2.05) is 12.1 Å². The van der Waals surface area contributed by atoms with Crippen LogP contribution in [-0.4, -0.2) is 13.1 Å². The second-order valence-electron chi connectivity index (χ2n) is 3.66. The number of hydrogen-bond donors (Lipinski definition) is 0. The number of halogens is 2. The minimum atomic E-state index is -0.140. The Balaban J connectivity index is 2.27. The molecule has 1 aliphatic rings. The van der Waals surface area contributed by atoms with E-state index in [1.165, 1.54) is 12.7 Å². The Morgan fingerprint density at radius 3 is 2.67 bits per heavy atom. The molecule has 0 spiro atoms. The second-order valence-corrected chi connectivity index (χ2v) is 4.92. The average molecular weight is 290 g/mol. The molecule has 0 saturated heterocycles. The average Bonchev–Trinajstić information content (AvgIpc) is 2.60. The zero-order chi connectivity index (χ0) is 11.0. The maximum absolute atomic E-state index is 11.4. The molecule has 2 nitrogen and oxygen atoms in total. The van der Waals surface area contributed by atoms with Crippen LogP contribution in [0, 0.1) is 5.92 Å². The molecule has 15 heavy (non-hydrogen) atoms. The van der Waals surface area contributed by atoms with Crippen LogP contribution in [0.3, 0.4) is 0 Å². The molecule has 0 radical (unpaired) electrons. The molecule has 1 aliphatic carbocycles. The van der Waals surface area contributed by atoms with E-state index < -0.39 is 0 Å². The number of rotatable bonds is 1. The summed E-state index contributed by atoms with van der Waals surface area (Å²) in [7, 11) is 1.42. The van der Waals surface area contributed by atoms with Crippen LogP contribution in [0.25, 0.3) is 0 Å². The van der Waals surface area contributed by atoms with Crippen LogP contribution in [0.4, 0.5) is 0 Å². The molecule has 0 heterocycles. The SMILES string of the molecule is COC(=O)C1Cc2cc(Cl)c(Br)cc2C1. The molecule has 1 atom stereocenters. The van der Waals surface area contributed by atoms with Gasteiger partial charge >= 0.3 is 5.97 Å². The largest absolute Gasteiger partial charge is 0.469 e. The quantitative estimate of drug-likeness (QED) is 0.743. The van der Waals surface area contributed by atoms with Gasteiger partial charge in [-0.2, -0.15) is 0 Å². The van der Waals surface area contributed by atoms with Crippen LogP contribution >= 0.6 is 27.5 Å². The highest BCUT2D eigenvalue weighted by molar-refractivity contribution is 9.10. The van der Waals surface area contributed by atoms with E-state index in [-0.39, 0.29) is 11.9 Å². The fraction of sp³-hybridized carbons (Fsp3) is 0.364. The summed E-state index contributed by atoms with van der Waals surface area (Å²) in [6.45, 7) is 0. The van der Waals surface area contributed by atoms with Gasteiger partial charge in [0.05, 0.1) is 18.1 Å². The van der Waals surface area contributed by atoms with Crippen molar-refractivity contribution in [3.05, 3.63) is 32.8 Å². The molecule has 2 rings (SSSR count). The highest BCUT2D eigenvalue weighted by Gasteiger charge is 2.28. The van der Waals surface area contributed by atoms with Crippen molar-refractivity contribution in [2.75, 3.05) is 7.11 Å². The number of hydrogen-bond acceptors (Lipinski definition) is 2. The van der Waals surface area contributed by atoms with Gasteiger partial charge in [-0.25, -0.2) is 0 Å². The molecule has 1 aromatic carbocycles. The van der Waals surface area contributed by atoms with Crippen LogP contribution in [0.5, 0.6) is 0 Å². The van der Waals surface area contributed by atoms with Gasteiger partial charge in [0, 0.05) is 4.47 Å². The minimum Gasteiger partial charge on any atom is -0.469 e. The van der Waals surface area contributed by atoms with Crippen molar-refractivity contribution in [3.63, 3.8) is 0 Å². The summed E-state index contributed by atoms with van der Waals surface area (Å²) >= 11 is 9.37. The first kappa shape index (κ1) is 11.0. The van der Waals surface area contributed by atoms with E-state index in [2.05, 4.69) is 15.9 Å². The predicted molar refractivity (Wildman–Crippen MR) is 62.1 cm³/mol. The van der Waals surface area contributed by atoms with Crippen molar-refractivity contribution >= 4 is 33.5 Å². The zero-order valence-electron chi connectivity index (χ0n) is 8.22. The molecule has 0 saturated carbocycles. The van der Waals surface area contributed by atoms with Crippen LogP contribution in [0.1, 0.15) is 11.1 Å². The second kappa shape index (κ2) is 4.14. The molecule has 0 fully saturated rings. The van der Waals surface area contributed by atoms with Crippen molar-refractivity contribution in [2.45, 2.75) is 12.8 Å². The predicted octanol–water partition coefficient (Wildman–Crippen LogP) is 2.99. The lowest BCUT2D eigenvalue weighted by Crippen LogP contribution is -2.15. The molecule has 4 heteroatoms. The van der Waals surface area contributed by atoms with Crippen molar-refractivity contribution in [2.24, 2.45) is 5.92 Å². The van der Waals surface area contributed by atoms with Gasteiger partial charge in [0.2, 0.25) is 0 Å². The topological polar surface area (TPSA) is 26.3 Å². The van der Waals surface area contributed by atoms with E-state index in [0.717, 1.165) is 22.9 Å². The first-order valence-electron chi connectivity index (χ1n) is 4.66. The number of esters is 1. The highest BCUT2D eigenvalue weighted by atomic mass is 79.9. The molecule has 0 aliphatic heterocycles. The van der Waals surface area contributed by atoms with Crippen molar-refractivity contribution in [1.82, 2.24) is 0 Å². The van der Waals surface area contributed by atoms with E-state index in [4.69, 9.17) is 16.3 Å². The smallest absolute Gasteiger partial charge is 0.309 e. The van der Waals surface area contributed by atoms with Gasteiger partial charge in [-0.1, -0.05) is 11.6 Å². The maximum Gasteiger partial charge on any atom is 0.309 e. The van der Waals surface area contributed by atoms with Gasteiger partial charge in [0.1, 0.15) is 0 Å². The Hall–Kier alpha value is -0.540. The third kappa shape index (κ3) is 2.04. The summed E-state index contributed by atoms with van der Waals surface area (Å²) in [5, 5.41) is 0.694. The summed E-state index contributed by atoms with van der Waals surface area (Å²) in [4.78, 5) is 11.4. The zero-order valence-corrected chi connectivity index (χ0v) is 10.6. The van der Waals surface area contributed by atoms with E-state index in [9.17, 15) is 4.79 Å². The summed E-state index contributed by atoms with van der Waals surface area (Å²) in [5.74, 6) is -0.186. The molecule has 0 amide bonds. The Kier molecular flexibility index (Phi) is 3.03. The third-order valence-electron chi connectivity index (χ3n) is 2.71. The van der Waals surface area contributed by atoms with E-state index in [1.54, 1.807) is 0 Å². The molecule has 0 aromatic heterocycles. The monoisotopic (exact) mass is 288 g/mol. The van der Waals surface area contributed by atoms with Gasteiger partial charge in [-0.05, 0) is 52.0 Å². The first-order chi connectivity index (χ1) is 7.11. The fourth-order valence-corrected chi connectivity index (χ4v) is 2.52. The summed E-state index contributed by atoms with van der Waals surface area (Å²) in [6, 6.07) is 3.91. The molecule has 1 aromatic rings. The Bertz CT molecular complexity index is 386. The number of fused-ring (bicyclic) bond motifs is 1. The standard InChI is InChI=1S/C11H10BrClO2/c1-15-11(14)8-2-6-4-9(12)10(13)5-7(6)3-8/h4-5,8H,2-3H2,1H3. The van der Waals surface area contributed by atoms with Crippen molar-refractivity contribution < 1.29 is 9.53 Å². The molecule has 1 unspecified atom stereocenters. The van der Waals surface area contributed by atoms with Crippen molar-refractivity contribution in [3.8, 4) is 0 Å². The number of ether oxygens (including phenoxy) is 1. The molecule has 0 N–H and O–H groups in total. The Labute approximate surface area is 102 Å². The number of carbonyl (C=O) groups excluding carboxylic acids is 1. The molecular formula is C11H10BrClO2. The van der Waals surface area contributed by atoms with Gasteiger partial charge in [0.25, 0.3) is 0 Å². The summed E-state index contributed by atoms with van der Waals surface area (Å²) < 4.78 is 5.62. The van der Waals surface area contributed by atoms with Gasteiger partial charge < -0.3 is 4.74 Å². The third-order valence-corrected chi connectivity index (χ3v) is 3.91. The van der Waals surface area contributed by atoms with Crippen LogP contribution in [-0.2, 0) is 22.4 Å². The van der Waals surface area contributed by atoms with Crippen LogP contribution < -0.4 is 0 Å². The normalized spacial score (nSPS) is 18.7. The minimum absolute atomic E-state index is 0.0460. The van der Waals surface area contributed by atoms with Gasteiger partial charge in [-0.15, -0.1) is 0 Å². The van der Waals surface area contributed by atoms with E-state index in [0.29, 0.717) is 5.02 Å². The number of methoxy groups -OCH3 is 1.